The SMILES string of the molecule is COC(=O)CC[C@@H](C)C1=CC[C@H]2C3C(CC[C@]12C)[C@@]1(C)CC[C@@H](C)C[C@H]1C[C@H]3OC(=O)c1cccc(I)c1. The van der Waals surface area contributed by atoms with E-state index in [2.05, 4.69) is 56.4 Å². The van der Waals surface area contributed by atoms with Crippen molar-refractivity contribution in [3.63, 3.8) is 0 Å². The molecule has 0 N–H and O–H groups in total. The Labute approximate surface area is 242 Å². The van der Waals surface area contributed by atoms with Gasteiger partial charge < -0.3 is 9.47 Å². The third-order valence-corrected chi connectivity index (χ3v) is 12.1. The molecule has 3 fully saturated rings. The number of rotatable bonds is 6. The fourth-order valence-corrected chi connectivity index (χ4v) is 9.86. The first-order chi connectivity index (χ1) is 18.1. The zero-order valence-corrected chi connectivity index (χ0v) is 26.0. The first-order valence-electron chi connectivity index (χ1n) is 14.8. The number of ether oxygens (including phenoxy) is 2. The third-order valence-electron chi connectivity index (χ3n) is 11.4. The standard InChI is InChI=1S/C33H45IO4/c1-20-13-15-32(3)23(17-20)19-28(38-31(36)22-7-6-8-24(34)18-22)30-26-11-10-25(21(2)9-12-29(35)37-5)33(26,4)16-14-27(30)32/h6-8,10,18,20-21,23,26-28,30H,9,11-17,19H2,1-5H3/t20-,21-,23+,26+,27?,28-,30?,32+,33-/m1/s1. The van der Waals surface area contributed by atoms with Gasteiger partial charge in [-0.05, 0) is 126 Å². The Hall–Kier alpha value is -1.37. The Morgan fingerprint density at radius 1 is 1.13 bits per heavy atom. The number of hydrogen-bond donors (Lipinski definition) is 0. The van der Waals surface area contributed by atoms with Gasteiger partial charge >= 0.3 is 11.9 Å². The van der Waals surface area contributed by atoms with Gasteiger partial charge in [0.2, 0.25) is 0 Å². The predicted octanol–water partition coefficient (Wildman–Crippen LogP) is 8.23. The van der Waals surface area contributed by atoms with Crippen molar-refractivity contribution in [3.05, 3.63) is 45.0 Å². The van der Waals surface area contributed by atoms with Gasteiger partial charge in [0.05, 0.1) is 12.7 Å². The molecule has 38 heavy (non-hydrogen) atoms. The molecule has 0 bridgehead atoms. The number of carbonyl (C=O) groups is 2. The molecule has 0 radical (unpaired) electrons. The van der Waals surface area contributed by atoms with Gasteiger partial charge in [-0.3, -0.25) is 4.79 Å². The first-order valence-corrected chi connectivity index (χ1v) is 15.9. The number of allylic oxidation sites excluding steroid dienone is 2. The first kappa shape index (κ1) is 28.2. The van der Waals surface area contributed by atoms with Gasteiger partial charge in [-0.1, -0.05) is 51.8 Å². The summed E-state index contributed by atoms with van der Waals surface area (Å²) in [7, 11) is 1.47. The van der Waals surface area contributed by atoms with Gasteiger partial charge in [0, 0.05) is 15.9 Å². The van der Waals surface area contributed by atoms with Crippen molar-refractivity contribution in [2.24, 2.45) is 46.3 Å². The summed E-state index contributed by atoms with van der Waals surface area (Å²) in [6, 6.07) is 7.80. The van der Waals surface area contributed by atoms with E-state index in [1.165, 1.54) is 44.8 Å². The summed E-state index contributed by atoms with van der Waals surface area (Å²) >= 11 is 2.27. The smallest absolute Gasteiger partial charge is 0.338 e. The maximum atomic E-state index is 13.5. The second-order valence-corrected chi connectivity index (χ2v) is 14.7. The van der Waals surface area contributed by atoms with Crippen LogP contribution in [0.3, 0.4) is 0 Å². The molecule has 0 aliphatic heterocycles. The molecule has 1 aromatic rings. The Morgan fingerprint density at radius 2 is 1.92 bits per heavy atom. The highest BCUT2D eigenvalue weighted by molar-refractivity contribution is 14.1. The normalized spacial score (nSPS) is 38.7. The van der Waals surface area contributed by atoms with Crippen LogP contribution in [-0.2, 0) is 14.3 Å². The highest BCUT2D eigenvalue weighted by atomic mass is 127. The lowest BCUT2D eigenvalue weighted by atomic mass is 9.43. The third kappa shape index (κ3) is 4.99. The van der Waals surface area contributed by atoms with Crippen LogP contribution in [-0.4, -0.2) is 25.2 Å². The van der Waals surface area contributed by atoms with E-state index < -0.39 is 0 Å². The van der Waals surface area contributed by atoms with Crippen LogP contribution in [0.5, 0.6) is 0 Å². The second kappa shape index (κ2) is 10.9. The van der Waals surface area contributed by atoms with Crippen molar-refractivity contribution >= 4 is 34.5 Å². The maximum absolute atomic E-state index is 13.5. The van der Waals surface area contributed by atoms with Gasteiger partial charge in [0.15, 0.2) is 0 Å². The summed E-state index contributed by atoms with van der Waals surface area (Å²) in [5, 5.41) is 0. The predicted molar refractivity (Wildman–Crippen MR) is 159 cm³/mol. The average Bonchev–Trinajstić information content (AvgIpc) is 3.25. The quantitative estimate of drug-likeness (QED) is 0.180. The van der Waals surface area contributed by atoms with E-state index in [1.807, 2.05) is 24.3 Å². The van der Waals surface area contributed by atoms with Crippen LogP contribution in [0.1, 0.15) is 95.8 Å². The molecule has 208 valence electrons. The number of benzene rings is 1. The minimum Gasteiger partial charge on any atom is -0.469 e. The molecule has 0 heterocycles. The zero-order valence-electron chi connectivity index (χ0n) is 23.8. The Bertz CT molecular complexity index is 1100. The van der Waals surface area contributed by atoms with Crippen molar-refractivity contribution in [3.8, 4) is 0 Å². The van der Waals surface area contributed by atoms with Crippen molar-refractivity contribution < 1.29 is 19.1 Å². The van der Waals surface area contributed by atoms with Gasteiger partial charge in [-0.25, -0.2) is 4.79 Å². The van der Waals surface area contributed by atoms with Crippen LogP contribution < -0.4 is 0 Å². The van der Waals surface area contributed by atoms with Crippen molar-refractivity contribution in [2.75, 3.05) is 7.11 Å². The molecule has 2 unspecified atom stereocenters. The van der Waals surface area contributed by atoms with Gasteiger partial charge in [-0.2, -0.15) is 0 Å². The van der Waals surface area contributed by atoms with Crippen molar-refractivity contribution in [2.45, 2.75) is 91.6 Å². The minimum atomic E-state index is -0.162. The number of halogens is 1. The van der Waals surface area contributed by atoms with Crippen LogP contribution >= 0.6 is 22.6 Å². The Kier molecular flexibility index (Phi) is 8.08. The van der Waals surface area contributed by atoms with E-state index in [-0.39, 0.29) is 23.5 Å². The maximum Gasteiger partial charge on any atom is 0.338 e. The molecule has 5 rings (SSSR count). The Morgan fingerprint density at radius 3 is 2.66 bits per heavy atom. The summed E-state index contributed by atoms with van der Waals surface area (Å²) in [5.41, 5.74) is 2.63. The number of methoxy groups -OCH3 is 1. The molecule has 4 nitrogen and oxygen atoms in total. The van der Waals surface area contributed by atoms with Crippen LogP contribution in [0, 0.1) is 49.9 Å². The molecule has 4 aliphatic carbocycles. The van der Waals surface area contributed by atoms with E-state index in [9.17, 15) is 9.59 Å². The minimum absolute atomic E-state index is 0.0310. The van der Waals surface area contributed by atoms with Crippen molar-refractivity contribution in [1.29, 1.82) is 0 Å². The lowest BCUT2D eigenvalue weighted by molar-refractivity contribution is -0.162. The molecule has 4 aliphatic rings. The number of carbonyl (C=O) groups excluding carboxylic acids is 2. The summed E-state index contributed by atoms with van der Waals surface area (Å²) in [4.78, 5) is 25.4. The molecular weight excluding hydrogens is 587 g/mol. The van der Waals surface area contributed by atoms with Gasteiger partial charge in [0.1, 0.15) is 6.10 Å². The van der Waals surface area contributed by atoms with E-state index in [1.54, 1.807) is 0 Å². The molecule has 0 saturated heterocycles. The molecule has 5 heteroatoms. The topological polar surface area (TPSA) is 52.6 Å². The van der Waals surface area contributed by atoms with E-state index in [0.29, 0.717) is 47.0 Å². The van der Waals surface area contributed by atoms with Crippen LogP contribution in [0.25, 0.3) is 0 Å². The summed E-state index contributed by atoms with van der Waals surface area (Å²) < 4.78 is 12.5. The van der Waals surface area contributed by atoms with E-state index >= 15 is 0 Å². The summed E-state index contributed by atoms with van der Waals surface area (Å²) in [5.74, 6) is 2.92. The van der Waals surface area contributed by atoms with E-state index in [0.717, 1.165) is 28.8 Å². The lowest BCUT2D eigenvalue weighted by Gasteiger charge is -2.62. The molecular formula is C33H45IO4. The fraction of sp³-hybridized carbons (Fsp3) is 0.697. The van der Waals surface area contributed by atoms with Gasteiger partial charge in [0.25, 0.3) is 0 Å². The van der Waals surface area contributed by atoms with Crippen LogP contribution in [0.15, 0.2) is 35.9 Å². The van der Waals surface area contributed by atoms with Gasteiger partial charge in [-0.15, -0.1) is 0 Å². The average molecular weight is 633 g/mol. The highest BCUT2D eigenvalue weighted by Gasteiger charge is 2.62. The highest BCUT2D eigenvalue weighted by Crippen LogP contribution is 2.67. The molecule has 3 saturated carbocycles. The summed E-state index contributed by atoms with van der Waals surface area (Å²) in [6.45, 7) is 9.73. The molecule has 0 aromatic heterocycles. The number of hydrogen-bond acceptors (Lipinski definition) is 4. The monoisotopic (exact) mass is 632 g/mol. The van der Waals surface area contributed by atoms with Crippen LogP contribution in [0.2, 0.25) is 0 Å². The number of esters is 2. The van der Waals surface area contributed by atoms with Crippen LogP contribution in [0.4, 0.5) is 0 Å². The zero-order chi connectivity index (χ0) is 27.2. The second-order valence-electron chi connectivity index (χ2n) is 13.4. The Balaban J connectivity index is 1.44. The van der Waals surface area contributed by atoms with E-state index in [4.69, 9.17) is 9.47 Å². The largest absolute Gasteiger partial charge is 0.469 e. The number of fused-ring (bicyclic) bond motifs is 5. The molecule has 0 spiro atoms. The molecule has 9 atom stereocenters. The van der Waals surface area contributed by atoms with Crippen molar-refractivity contribution in [1.82, 2.24) is 0 Å². The molecule has 1 aromatic carbocycles. The fourth-order valence-electron chi connectivity index (χ4n) is 9.32. The summed E-state index contributed by atoms with van der Waals surface area (Å²) in [6.07, 6.45) is 12.1. The molecule has 0 amide bonds. The lowest BCUT2D eigenvalue weighted by Crippen LogP contribution is -2.58.